The second-order valence-electron chi connectivity index (χ2n) is 7.66. The van der Waals surface area contributed by atoms with Crippen molar-refractivity contribution in [3.8, 4) is 0 Å². The van der Waals surface area contributed by atoms with Crippen LogP contribution in [0.25, 0.3) is 0 Å². The first-order chi connectivity index (χ1) is 13.3. The van der Waals surface area contributed by atoms with E-state index in [9.17, 15) is 13.2 Å². The van der Waals surface area contributed by atoms with Gasteiger partial charge in [0.2, 0.25) is 10.0 Å². The molecule has 1 amide bonds. The van der Waals surface area contributed by atoms with Gasteiger partial charge in [-0.25, -0.2) is 13.1 Å². The molecule has 28 heavy (non-hydrogen) atoms. The molecular weight excluding hydrogens is 372 g/mol. The van der Waals surface area contributed by atoms with Gasteiger partial charge in [-0.15, -0.1) is 0 Å². The first-order valence-corrected chi connectivity index (χ1v) is 11.2. The molecule has 3 rings (SSSR count). The van der Waals surface area contributed by atoms with Crippen LogP contribution in [0.2, 0.25) is 0 Å². The van der Waals surface area contributed by atoms with E-state index in [1.54, 1.807) is 13.0 Å². The maximum absolute atomic E-state index is 12.9. The number of carbonyl (C=O) groups excluding carboxylic acids is 1. The van der Waals surface area contributed by atoms with Crippen LogP contribution in [0.5, 0.6) is 0 Å². The molecule has 0 unspecified atom stereocenters. The third-order valence-electron chi connectivity index (χ3n) is 5.97. The second-order valence-corrected chi connectivity index (χ2v) is 9.51. The molecule has 0 atom stereocenters. The first kappa shape index (κ1) is 20.6. The smallest absolute Gasteiger partial charge is 0.251 e. The molecule has 1 saturated carbocycles. The molecule has 0 aliphatic heterocycles. The van der Waals surface area contributed by atoms with Crippen LogP contribution in [0.4, 0.5) is 0 Å². The molecule has 6 heteroatoms. The number of sulfonamides is 1. The zero-order valence-corrected chi connectivity index (χ0v) is 17.5. The van der Waals surface area contributed by atoms with Crippen LogP contribution >= 0.6 is 0 Å². The standard InChI is InChI=1S/C22H28N2O3S/c1-16-13-18(14-20(17(16)2)28(26,27)23-3)21(25)24-15-22(11-7-8-12-22)19-9-5-4-6-10-19/h4-6,9-10,13-14,23H,7-8,11-12,15H2,1-3H3,(H,24,25). The minimum atomic E-state index is -3.62. The van der Waals surface area contributed by atoms with Crippen LogP contribution in [-0.4, -0.2) is 27.9 Å². The van der Waals surface area contributed by atoms with Gasteiger partial charge in [-0.3, -0.25) is 4.79 Å². The van der Waals surface area contributed by atoms with Gasteiger partial charge in [-0.2, -0.15) is 0 Å². The second kappa shape index (κ2) is 8.05. The molecule has 0 heterocycles. The van der Waals surface area contributed by atoms with Crippen molar-refractivity contribution >= 4 is 15.9 Å². The predicted molar refractivity (Wildman–Crippen MR) is 111 cm³/mol. The van der Waals surface area contributed by atoms with E-state index in [-0.39, 0.29) is 16.2 Å². The number of nitrogens with one attached hydrogen (secondary N) is 2. The Balaban J connectivity index is 1.85. The molecule has 150 valence electrons. The molecular formula is C22H28N2O3S. The fourth-order valence-corrected chi connectivity index (χ4v) is 5.18. The number of amides is 1. The summed E-state index contributed by atoms with van der Waals surface area (Å²) in [5, 5.41) is 3.07. The number of rotatable bonds is 6. The van der Waals surface area contributed by atoms with Crippen LogP contribution < -0.4 is 10.0 Å². The Hall–Kier alpha value is -2.18. The maximum Gasteiger partial charge on any atom is 0.251 e. The number of carbonyl (C=O) groups is 1. The van der Waals surface area contributed by atoms with Gasteiger partial charge in [0.1, 0.15) is 0 Å². The van der Waals surface area contributed by atoms with E-state index in [4.69, 9.17) is 0 Å². The van der Waals surface area contributed by atoms with Gasteiger partial charge in [0.05, 0.1) is 4.90 Å². The van der Waals surface area contributed by atoms with Crippen LogP contribution in [0.3, 0.4) is 0 Å². The van der Waals surface area contributed by atoms with E-state index in [1.165, 1.54) is 18.7 Å². The summed E-state index contributed by atoms with van der Waals surface area (Å²) in [4.78, 5) is 13.0. The average Bonchev–Trinajstić information content (AvgIpc) is 3.19. The highest BCUT2D eigenvalue weighted by molar-refractivity contribution is 7.89. The van der Waals surface area contributed by atoms with E-state index < -0.39 is 10.0 Å². The third kappa shape index (κ3) is 3.98. The zero-order valence-electron chi connectivity index (χ0n) is 16.7. The number of aryl methyl sites for hydroxylation is 1. The Morgan fingerprint density at radius 1 is 1.07 bits per heavy atom. The van der Waals surface area contributed by atoms with Gasteiger partial charge in [0, 0.05) is 17.5 Å². The minimum absolute atomic E-state index is 0.0451. The average molecular weight is 401 g/mol. The Morgan fingerprint density at radius 2 is 1.71 bits per heavy atom. The van der Waals surface area contributed by atoms with Crippen molar-refractivity contribution in [2.45, 2.75) is 49.8 Å². The molecule has 2 aromatic carbocycles. The quantitative estimate of drug-likeness (QED) is 0.780. The number of hydrogen-bond donors (Lipinski definition) is 2. The van der Waals surface area contributed by atoms with Crippen molar-refractivity contribution in [2.75, 3.05) is 13.6 Å². The molecule has 2 N–H and O–H groups in total. The van der Waals surface area contributed by atoms with Gasteiger partial charge < -0.3 is 5.32 Å². The van der Waals surface area contributed by atoms with Crippen LogP contribution in [0.15, 0.2) is 47.4 Å². The highest BCUT2D eigenvalue weighted by Gasteiger charge is 2.35. The fraction of sp³-hybridized carbons (Fsp3) is 0.409. The monoisotopic (exact) mass is 400 g/mol. The van der Waals surface area contributed by atoms with Crippen molar-refractivity contribution in [1.29, 1.82) is 0 Å². The fourth-order valence-electron chi connectivity index (χ4n) is 4.11. The summed E-state index contributed by atoms with van der Waals surface area (Å²) in [6, 6.07) is 13.6. The first-order valence-electron chi connectivity index (χ1n) is 9.68. The molecule has 0 bridgehead atoms. The SMILES string of the molecule is CNS(=O)(=O)c1cc(C(=O)NCC2(c3ccccc3)CCCC2)cc(C)c1C. The number of benzene rings is 2. The molecule has 0 saturated heterocycles. The molecule has 5 nitrogen and oxygen atoms in total. The van der Waals surface area contributed by atoms with E-state index in [1.807, 2.05) is 25.1 Å². The lowest BCUT2D eigenvalue weighted by Crippen LogP contribution is -2.39. The lowest BCUT2D eigenvalue weighted by Gasteiger charge is -2.30. The summed E-state index contributed by atoms with van der Waals surface area (Å²) < 4.78 is 27.0. The van der Waals surface area contributed by atoms with Gasteiger partial charge in [0.15, 0.2) is 0 Å². The predicted octanol–water partition coefficient (Wildman–Crippen LogP) is 3.45. The molecule has 1 aliphatic rings. The Morgan fingerprint density at radius 3 is 2.32 bits per heavy atom. The number of hydrogen-bond acceptors (Lipinski definition) is 3. The van der Waals surface area contributed by atoms with Gasteiger partial charge in [-0.05, 0) is 62.6 Å². The zero-order chi connectivity index (χ0) is 20.4. The molecule has 1 aliphatic carbocycles. The highest BCUT2D eigenvalue weighted by Crippen LogP contribution is 2.40. The van der Waals surface area contributed by atoms with Gasteiger partial charge >= 0.3 is 0 Å². The molecule has 2 aromatic rings. The topological polar surface area (TPSA) is 75.3 Å². The molecule has 0 radical (unpaired) electrons. The highest BCUT2D eigenvalue weighted by atomic mass is 32.2. The van der Waals surface area contributed by atoms with Gasteiger partial charge in [-0.1, -0.05) is 43.2 Å². The molecule has 0 aromatic heterocycles. The third-order valence-corrected chi connectivity index (χ3v) is 7.51. The van der Waals surface area contributed by atoms with E-state index in [2.05, 4.69) is 22.2 Å². The summed E-state index contributed by atoms with van der Waals surface area (Å²) in [5.74, 6) is -0.238. The Kier molecular flexibility index (Phi) is 5.91. The summed E-state index contributed by atoms with van der Waals surface area (Å²) in [6.45, 7) is 4.13. The molecule has 1 fully saturated rings. The van der Waals surface area contributed by atoms with E-state index in [0.717, 1.165) is 31.2 Å². The van der Waals surface area contributed by atoms with Crippen LogP contribution in [0, 0.1) is 13.8 Å². The minimum Gasteiger partial charge on any atom is -0.351 e. The van der Waals surface area contributed by atoms with E-state index >= 15 is 0 Å². The summed E-state index contributed by atoms with van der Waals surface area (Å²) in [6.07, 6.45) is 4.39. The summed E-state index contributed by atoms with van der Waals surface area (Å²) >= 11 is 0. The van der Waals surface area contributed by atoms with Crippen molar-refractivity contribution in [2.24, 2.45) is 0 Å². The Bertz CT molecular complexity index is 963. The van der Waals surface area contributed by atoms with Crippen LogP contribution in [-0.2, 0) is 15.4 Å². The summed E-state index contributed by atoms with van der Waals surface area (Å²) in [5.41, 5.74) is 3.02. The van der Waals surface area contributed by atoms with E-state index in [0.29, 0.717) is 17.7 Å². The summed E-state index contributed by atoms with van der Waals surface area (Å²) in [7, 11) is -2.25. The maximum atomic E-state index is 12.9. The molecule has 0 spiro atoms. The van der Waals surface area contributed by atoms with Crippen molar-refractivity contribution in [3.63, 3.8) is 0 Å². The van der Waals surface area contributed by atoms with Crippen LogP contribution in [0.1, 0.15) is 52.7 Å². The lowest BCUT2D eigenvalue weighted by atomic mass is 9.79. The van der Waals surface area contributed by atoms with Crippen molar-refractivity contribution < 1.29 is 13.2 Å². The van der Waals surface area contributed by atoms with Crippen molar-refractivity contribution in [3.05, 3.63) is 64.7 Å². The van der Waals surface area contributed by atoms with Crippen molar-refractivity contribution in [1.82, 2.24) is 10.0 Å². The Labute approximate surface area is 167 Å². The lowest BCUT2D eigenvalue weighted by molar-refractivity contribution is 0.0943. The largest absolute Gasteiger partial charge is 0.351 e. The van der Waals surface area contributed by atoms with Gasteiger partial charge in [0.25, 0.3) is 5.91 Å². The normalized spacial score (nSPS) is 16.1.